The average molecular weight is 389 g/mol. The summed E-state index contributed by atoms with van der Waals surface area (Å²) in [5.74, 6) is -1.62. The lowest BCUT2D eigenvalue weighted by atomic mass is 10.2. The maximum atomic E-state index is 12.2. The first kappa shape index (κ1) is 18.5. The second-order valence-electron chi connectivity index (χ2n) is 5.24. The number of ether oxygens (including phenoxy) is 2. The molecule has 1 amide bonds. The Morgan fingerprint density at radius 3 is 2.78 bits per heavy atom. The van der Waals surface area contributed by atoms with Gasteiger partial charge in [-0.3, -0.25) is 9.59 Å². The molecule has 2 heterocycles. The number of aromatic nitrogens is 2. The lowest BCUT2D eigenvalue weighted by molar-refractivity contribution is -0.141. The molecule has 0 aliphatic heterocycles. The van der Waals surface area contributed by atoms with Crippen molar-refractivity contribution in [3.8, 4) is 0 Å². The number of fused-ring (bicyclic) bond motifs is 1. The van der Waals surface area contributed by atoms with Gasteiger partial charge in [0.2, 0.25) is 5.76 Å². The van der Waals surface area contributed by atoms with Crippen molar-refractivity contribution in [3.05, 3.63) is 46.6 Å². The molecular weight excluding hydrogens is 374 g/mol. The van der Waals surface area contributed by atoms with Gasteiger partial charge in [-0.25, -0.2) is 4.79 Å². The first-order chi connectivity index (χ1) is 13.0. The van der Waals surface area contributed by atoms with Crippen LogP contribution in [0.3, 0.4) is 0 Å². The summed E-state index contributed by atoms with van der Waals surface area (Å²) in [6.45, 7) is 1.84. The number of thiazole rings is 1. The van der Waals surface area contributed by atoms with E-state index in [2.05, 4.69) is 10.1 Å². The Kier molecular flexibility index (Phi) is 5.46. The minimum Gasteiger partial charge on any atom is -0.468 e. The Morgan fingerprint density at radius 2 is 2.11 bits per heavy atom. The number of nitrogens with zero attached hydrogens (tertiary/aromatic N) is 3. The predicted octanol–water partition coefficient (Wildman–Crippen LogP) is 1.78. The van der Waals surface area contributed by atoms with Gasteiger partial charge in [-0.1, -0.05) is 16.5 Å². The summed E-state index contributed by atoms with van der Waals surface area (Å²) in [6.07, 6.45) is 1.34. The van der Waals surface area contributed by atoms with Crippen LogP contribution in [0.2, 0.25) is 0 Å². The number of carbonyl (C=O) groups excluding carboxylic acids is 3. The van der Waals surface area contributed by atoms with Crippen LogP contribution in [0.15, 0.2) is 40.0 Å². The summed E-state index contributed by atoms with van der Waals surface area (Å²) in [7, 11) is 1.27. The maximum absolute atomic E-state index is 12.2. The molecule has 0 bridgehead atoms. The summed E-state index contributed by atoms with van der Waals surface area (Å²) in [4.78, 5) is 40.2. The van der Waals surface area contributed by atoms with Crippen LogP contribution in [0.1, 0.15) is 27.8 Å². The summed E-state index contributed by atoms with van der Waals surface area (Å²) in [5.41, 5.74) is 0.992. The number of methoxy groups -OCH3 is 1. The molecule has 1 aromatic carbocycles. The molecule has 0 saturated heterocycles. The molecule has 0 spiro atoms. The number of esters is 2. The number of hydrogen-bond donors (Lipinski definition) is 0. The van der Waals surface area contributed by atoms with E-state index in [1.54, 1.807) is 25.1 Å². The monoisotopic (exact) mass is 389 g/mol. The molecule has 3 rings (SSSR count). The number of rotatable bonds is 5. The third-order valence-electron chi connectivity index (χ3n) is 3.55. The number of hydrogen-bond acceptors (Lipinski definition) is 8. The summed E-state index contributed by atoms with van der Waals surface area (Å²) < 4.78 is 16.7. The normalized spacial score (nSPS) is 11.6. The van der Waals surface area contributed by atoms with E-state index in [4.69, 9.17) is 14.0 Å². The van der Waals surface area contributed by atoms with Crippen LogP contribution in [0.5, 0.6) is 0 Å². The highest BCUT2D eigenvalue weighted by Crippen LogP contribution is 2.20. The van der Waals surface area contributed by atoms with Crippen molar-refractivity contribution in [2.45, 2.75) is 13.5 Å². The van der Waals surface area contributed by atoms with Crippen LogP contribution in [-0.4, -0.2) is 41.3 Å². The molecule has 0 unspecified atom stereocenters. The van der Waals surface area contributed by atoms with Crippen molar-refractivity contribution < 1.29 is 28.4 Å². The van der Waals surface area contributed by atoms with Crippen LogP contribution in [0, 0.1) is 0 Å². The molecule has 10 heteroatoms. The van der Waals surface area contributed by atoms with Crippen LogP contribution in [-0.2, 0) is 20.8 Å². The topological polar surface area (TPSA) is 113 Å². The highest BCUT2D eigenvalue weighted by atomic mass is 32.1. The molecule has 0 saturated carbocycles. The van der Waals surface area contributed by atoms with Crippen LogP contribution < -0.4 is 4.80 Å². The third kappa shape index (κ3) is 3.95. The molecule has 27 heavy (non-hydrogen) atoms. The SMILES string of the molecule is CCOC(=O)c1ccc2c(c1)sc(=NC(=O)c1ccno1)n2CC(=O)OC. The van der Waals surface area contributed by atoms with Crippen LogP contribution >= 0.6 is 11.3 Å². The number of benzene rings is 1. The fourth-order valence-electron chi connectivity index (χ4n) is 2.31. The van der Waals surface area contributed by atoms with E-state index in [0.29, 0.717) is 15.8 Å². The van der Waals surface area contributed by atoms with Gasteiger partial charge in [0.05, 0.1) is 35.7 Å². The van der Waals surface area contributed by atoms with Crippen molar-refractivity contribution in [2.24, 2.45) is 4.99 Å². The molecule has 3 aromatic rings. The van der Waals surface area contributed by atoms with E-state index < -0.39 is 17.8 Å². The molecule has 0 radical (unpaired) electrons. The van der Waals surface area contributed by atoms with Gasteiger partial charge in [-0.05, 0) is 25.1 Å². The summed E-state index contributed by atoms with van der Waals surface area (Å²) >= 11 is 1.15. The fourth-order valence-corrected chi connectivity index (χ4v) is 3.38. The smallest absolute Gasteiger partial charge is 0.338 e. The van der Waals surface area contributed by atoms with Crippen molar-refractivity contribution in [2.75, 3.05) is 13.7 Å². The minimum atomic E-state index is -0.636. The first-order valence-electron chi connectivity index (χ1n) is 7.90. The van der Waals surface area contributed by atoms with Crippen molar-refractivity contribution in [1.29, 1.82) is 0 Å². The van der Waals surface area contributed by atoms with Gasteiger partial charge < -0.3 is 18.6 Å². The largest absolute Gasteiger partial charge is 0.468 e. The average Bonchev–Trinajstić information content (AvgIpc) is 3.30. The second-order valence-corrected chi connectivity index (χ2v) is 6.25. The van der Waals surface area contributed by atoms with Crippen molar-refractivity contribution in [1.82, 2.24) is 9.72 Å². The van der Waals surface area contributed by atoms with Gasteiger partial charge in [0, 0.05) is 6.07 Å². The maximum Gasteiger partial charge on any atom is 0.338 e. The predicted molar refractivity (Wildman–Crippen MR) is 94.2 cm³/mol. The van der Waals surface area contributed by atoms with E-state index in [0.717, 1.165) is 11.3 Å². The molecule has 0 aliphatic carbocycles. The molecule has 140 valence electrons. The second kappa shape index (κ2) is 7.96. The van der Waals surface area contributed by atoms with Crippen LogP contribution in [0.25, 0.3) is 10.2 Å². The lowest BCUT2D eigenvalue weighted by Crippen LogP contribution is -2.22. The van der Waals surface area contributed by atoms with E-state index in [-0.39, 0.29) is 23.7 Å². The highest BCUT2D eigenvalue weighted by molar-refractivity contribution is 7.16. The Hall–Kier alpha value is -3.27. The molecule has 0 fully saturated rings. The van der Waals surface area contributed by atoms with Gasteiger partial charge >= 0.3 is 17.8 Å². The van der Waals surface area contributed by atoms with E-state index in [1.165, 1.54) is 23.9 Å². The molecular formula is C17H15N3O6S. The quantitative estimate of drug-likeness (QED) is 0.611. The molecule has 0 atom stereocenters. The van der Waals surface area contributed by atoms with E-state index in [9.17, 15) is 14.4 Å². The third-order valence-corrected chi connectivity index (χ3v) is 4.60. The Morgan fingerprint density at radius 1 is 1.30 bits per heavy atom. The van der Waals surface area contributed by atoms with E-state index >= 15 is 0 Å². The zero-order valence-corrected chi connectivity index (χ0v) is 15.3. The van der Waals surface area contributed by atoms with Crippen molar-refractivity contribution >= 4 is 39.4 Å². The van der Waals surface area contributed by atoms with Gasteiger partial charge in [0.15, 0.2) is 4.80 Å². The molecule has 2 aromatic heterocycles. The first-order valence-corrected chi connectivity index (χ1v) is 8.72. The zero-order chi connectivity index (χ0) is 19.4. The Bertz CT molecular complexity index is 1060. The Labute approximate surface area is 156 Å². The zero-order valence-electron chi connectivity index (χ0n) is 14.5. The van der Waals surface area contributed by atoms with E-state index in [1.807, 2.05) is 0 Å². The summed E-state index contributed by atoms with van der Waals surface area (Å²) in [5, 5.41) is 3.48. The summed E-state index contributed by atoms with van der Waals surface area (Å²) in [6, 6.07) is 6.27. The number of carbonyl (C=O) groups is 3. The fraction of sp³-hybridized carbons (Fsp3) is 0.235. The van der Waals surface area contributed by atoms with Gasteiger partial charge in [-0.15, -0.1) is 0 Å². The molecule has 9 nitrogen and oxygen atoms in total. The molecule has 0 N–H and O–H groups in total. The Balaban J connectivity index is 2.12. The highest BCUT2D eigenvalue weighted by Gasteiger charge is 2.16. The number of amides is 1. The van der Waals surface area contributed by atoms with Crippen LogP contribution in [0.4, 0.5) is 0 Å². The molecule has 0 aliphatic rings. The standard InChI is InChI=1S/C17H15N3O6S/c1-3-25-16(23)10-4-5-11-13(8-10)27-17(20(11)9-14(21)24-2)19-15(22)12-6-7-18-26-12/h4-8H,3,9H2,1-2H3. The van der Waals surface area contributed by atoms with Gasteiger partial charge in [0.1, 0.15) is 6.54 Å². The van der Waals surface area contributed by atoms with Gasteiger partial charge in [0.25, 0.3) is 0 Å². The van der Waals surface area contributed by atoms with Gasteiger partial charge in [-0.2, -0.15) is 4.99 Å². The van der Waals surface area contributed by atoms with Crippen molar-refractivity contribution in [3.63, 3.8) is 0 Å². The lowest BCUT2D eigenvalue weighted by Gasteiger charge is -2.04. The minimum absolute atomic E-state index is 0.0238.